The molecule has 0 saturated heterocycles. The van der Waals surface area contributed by atoms with Crippen molar-refractivity contribution in [2.24, 2.45) is 0 Å². The summed E-state index contributed by atoms with van der Waals surface area (Å²) in [6.45, 7) is 8.75. The van der Waals surface area contributed by atoms with Crippen LogP contribution in [0.25, 0.3) is 22.3 Å². The van der Waals surface area contributed by atoms with Crippen molar-refractivity contribution in [3.8, 4) is 34.3 Å². The van der Waals surface area contributed by atoms with Crippen LogP contribution in [0.2, 0.25) is 0 Å². The van der Waals surface area contributed by atoms with E-state index < -0.39 is 23.2 Å². The van der Waals surface area contributed by atoms with Gasteiger partial charge in [0.15, 0.2) is 23.0 Å². The van der Waals surface area contributed by atoms with Crippen LogP contribution in [0.4, 0.5) is 0 Å². The van der Waals surface area contributed by atoms with E-state index in [0.29, 0.717) is 23.3 Å². The highest BCUT2D eigenvalue weighted by atomic mass is 16.5. The molecule has 0 saturated carbocycles. The largest absolute Gasteiger partial charge is 0.507 e. The summed E-state index contributed by atoms with van der Waals surface area (Å²) in [6.07, 6.45) is -2.04. The summed E-state index contributed by atoms with van der Waals surface area (Å²) in [5.74, 6) is 0.110. The first-order valence-corrected chi connectivity index (χ1v) is 10.5. The molecule has 0 radical (unpaired) electrons. The quantitative estimate of drug-likeness (QED) is 0.446. The Morgan fingerprint density at radius 2 is 1.85 bits per heavy atom. The number of phenols is 2. The highest BCUT2D eigenvalue weighted by Crippen LogP contribution is 2.48. The average molecular weight is 452 g/mol. The van der Waals surface area contributed by atoms with Crippen LogP contribution in [0.5, 0.6) is 23.0 Å². The fourth-order valence-corrected chi connectivity index (χ4v) is 4.45. The maximum absolute atomic E-state index is 12.9. The Bertz CT molecular complexity index is 1380. The smallest absolute Gasteiger partial charge is 0.197 e. The van der Waals surface area contributed by atoms with E-state index in [2.05, 4.69) is 6.58 Å². The van der Waals surface area contributed by atoms with Crippen LogP contribution < -0.4 is 14.9 Å². The summed E-state index contributed by atoms with van der Waals surface area (Å²) in [4.78, 5) is 12.9. The molecule has 0 aliphatic carbocycles. The first kappa shape index (κ1) is 21.4. The van der Waals surface area contributed by atoms with Gasteiger partial charge in [-0.15, -0.1) is 0 Å². The fraction of sp³-hybridized carbons (Fsp3) is 0.320. The lowest BCUT2D eigenvalue weighted by Gasteiger charge is -2.27. The molecule has 0 fully saturated rings. The van der Waals surface area contributed by atoms with Crippen molar-refractivity contribution in [2.75, 3.05) is 0 Å². The van der Waals surface area contributed by atoms with Gasteiger partial charge in [0, 0.05) is 35.2 Å². The zero-order valence-corrected chi connectivity index (χ0v) is 18.4. The number of benzene rings is 2. The van der Waals surface area contributed by atoms with Crippen LogP contribution in [-0.2, 0) is 6.42 Å². The summed E-state index contributed by atoms with van der Waals surface area (Å²) in [5.41, 5.74) is 0.419. The minimum atomic E-state index is -1.36. The van der Waals surface area contributed by atoms with Gasteiger partial charge in [-0.05, 0) is 38.5 Å². The van der Waals surface area contributed by atoms with Gasteiger partial charge in [0.25, 0.3) is 0 Å². The minimum absolute atomic E-state index is 0.0410. The van der Waals surface area contributed by atoms with Crippen LogP contribution in [-0.4, -0.2) is 38.2 Å². The summed E-state index contributed by atoms with van der Waals surface area (Å²) < 4.78 is 17.5. The van der Waals surface area contributed by atoms with Gasteiger partial charge >= 0.3 is 0 Å². The molecule has 172 valence electrons. The zero-order chi connectivity index (χ0) is 23.8. The van der Waals surface area contributed by atoms with Crippen molar-refractivity contribution in [3.63, 3.8) is 0 Å². The second-order valence-electron chi connectivity index (χ2n) is 9.26. The molecule has 3 atom stereocenters. The monoisotopic (exact) mass is 452 g/mol. The molecule has 8 heteroatoms. The summed E-state index contributed by atoms with van der Waals surface area (Å²) in [6, 6.07) is 5.53. The van der Waals surface area contributed by atoms with E-state index in [9.17, 15) is 25.2 Å². The predicted molar refractivity (Wildman–Crippen MR) is 120 cm³/mol. The van der Waals surface area contributed by atoms with E-state index in [-0.39, 0.29) is 45.6 Å². The Kier molecular flexibility index (Phi) is 4.53. The summed E-state index contributed by atoms with van der Waals surface area (Å²) in [5, 5.41) is 42.0. The Morgan fingerprint density at radius 1 is 1.12 bits per heavy atom. The van der Waals surface area contributed by atoms with Crippen LogP contribution >= 0.6 is 0 Å². The first-order chi connectivity index (χ1) is 15.5. The Morgan fingerprint density at radius 3 is 2.52 bits per heavy atom. The second-order valence-corrected chi connectivity index (χ2v) is 9.26. The molecule has 2 aliphatic heterocycles. The number of aliphatic hydroxyl groups excluding tert-OH is 1. The summed E-state index contributed by atoms with van der Waals surface area (Å²) in [7, 11) is 0. The average Bonchev–Trinajstić information content (AvgIpc) is 3.29. The van der Waals surface area contributed by atoms with Gasteiger partial charge in [-0.1, -0.05) is 6.58 Å². The number of hydrogen-bond donors (Lipinski definition) is 4. The molecule has 1 aromatic heterocycles. The standard InChI is InChI=1S/C25H24O8/c1-10(2)17-7-12-19(31-17)9-15(27)20-14(26)8-18(32-23(12)20)11-5-13-21(29)24(25(3,4)30)33-22(13)16(28)6-11/h5-6,8-9,17,21,24,27-30H,1,7H2,2-4H3/t17-,21+,24+/m0/s1. The van der Waals surface area contributed by atoms with Gasteiger partial charge in [0.2, 0.25) is 0 Å². The van der Waals surface area contributed by atoms with Gasteiger partial charge < -0.3 is 34.3 Å². The SMILES string of the molecule is C=C(C)[C@@H]1Cc2c(cc(O)c3c(=O)cc(-c4cc(O)c5c(c4)[C@@H](O)[C@H](C(C)(C)O)O5)oc23)O1. The Labute approximate surface area is 188 Å². The highest BCUT2D eigenvalue weighted by molar-refractivity contribution is 5.90. The maximum Gasteiger partial charge on any atom is 0.197 e. The highest BCUT2D eigenvalue weighted by Gasteiger charge is 2.44. The van der Waals surface area contributed by atoms with Crippen molar-refractivity contribution < 1.29 is 34.3 Å². The van der Waals surface area contributed by atoms with E-state index in [1.807, 2.05) is 6.92 Å². The lowest BCUT2D eigenvalue weighted by atomic mass is 9.93. The van der Waals surface area contributed by atoms with Crippen LogP contribution in [0.3, 0.4) is 0 Å². The topological polar surface area (TPSA) is 130 Å². The lowest BCUT2D eigenvalue weighted by molar-refractivity contribution is -0.0766. The normalized spacial score (nSPS) is 21.4. The predicted octanol–water partition coefficient (Wildman–Crippen LogP) is 3.32. The molecule has 3 aromatic rings. The molecular formula is C25H24O8. The lowest BCUT2D eigenvalue weighted by Crippen LogP contribution is -2.41. The van der Waals surface area contributed by atoms with E-state index in [1.54, 1.807) is 6.07 Å². The third kappa shape index (κ3) is 3.25. The zero-order valence-electron chi connectivity index (χ0n) is 18.4. The molecule has 4 N–H and O–H groups in total. The number of rotatable bonds is 3. The molecule has 2 aliphatic rings. The van der Waals surface area contributed by atoms with Crippen molar-refractivity contribution in [3.05, 3.63) is 57.8 Å². The van der Waals surface area contributed by atoms with E-state index in [4.69, 9.17) is 13.9 Å². The molecule has 5 rings (SSSR count). The van der Waals surface area contributed by atoms with Gasteiger partial charge in [0.05, 0.1) is 5.60 Å². The number of phenolic OH excluding ortho intramolecular Hbond substituents is 2. The molecule has 0 bridgehead atoms. The van der Waals surface area contributed by atoms with Gasteiger partial charge in [-0.25, -0.2) is 0 Å². The third-order valence-corrected chi connectivity index (χ3v) is 6.18. The molecule has 33 heavy (non-hydrogen) atoms. The van der Waals surface area contributed by atoms with Crippen molar-refractivity contribution >= 4 is 11.0 Å². The van der Waals surface area contributed by atoms with Crippen LogP contribution in [0.1, 0.15) is 38.0 Å². The van der Waals surface area contributed by atoms with E-state index in [0.717, 1.165) is 5.57 Å². The molecule has 0 unspecified atom stereocenters. The van der Waals surface area contributed by atoms with E-state index >= 15 is 0 Å². The van der Waals surface area contributed by atoms with Crippen molar-refractivity contribution in [1.29, 1.82) is 0 Å². The first-order valence-electron chi connectivity index (χ1n) is 10.5. The molecule has 0 spiro atoms. The Balaban J connectivity index is 1.67. The van der Waals surface area contributed by atoms with Gasteiger partial charge in [-0.2, -0.15) is 0 Å². The number of aromatic hydroxyl groups is 2. The van der Waals surface area contributed by atoms with E-state index in [1.165, 1.54) is 32.0 Å². The maximum atomic E-state index is 12.9. The molecule has 3 heterocycles. The van der Waals surface area contributed by atoms with Crippen LogP contribution in [0.15, 0.2) is 45.6 Å². The van der Waals surface area contributed by atoms with Crippen LogP contribution in [0, 0.1) is 0 Å². The molecule has 8 nitrogen and oxygen atoms in total. The number of aliphatic hydroxyl groups is 2. The van der Waals surface area contributed by atoms with Gasteiger partial charge in [0.1, 0.15) is 40.4 Å². The van der Waals surface area contributed by atoms with Crippen molar-refractivity contribution in [2.45, 2.75) is 51.1 Å². The minimum Gasteiger partial charge on any atom is -0.507 e. The number of hydrogen-bond acceptors (Lipinski definition) is 8. The summed E-state index contributed by atoms with van der Waals surface area (Å²) >= 11 is 0. The third-order valence-electron chi connectivity index (χ3n) is 6.18. The Hall–Kier alpha value is -3.49. The second kappa shape index (κ2) is 7.00. The molecule has 2 aromatic carbocycles. The number of fused-ring (bicyclic) bond motifs is 4. The molecular weight excluding hydrogens is 428 g/mol. The van der Waals surface area contributed by atoms with Crippen molar-refractivity contribution in [1.82, 2.24) is 0 Å². The number of ether oxygens (including phenoxy) is 2. The fourth-order valence-electron chi connectivity index (χ4n) is 4.45. The van der Waals surface area contributed by atoms with Gasteiger partial charge in [-0.3, -0.25) is 4.79 Å². The molecule has 0 amide bonds.